The van der Waals surface area contributed by atoms with Gasteiger partial charge >= 0.3 is 0 Å². The van der Waals surface area contributed by atoms with Crippen molar-refractivity contribution in [2.24, 2.45) is 0 Å². The monoisotopic (exact) mass is 537 g/mol. The maximum Gasteiger partial charge on any atom is 0.264 e. The van der Waals surface area contributed by atoms with Crippen LogP contribution in [0, 0.1) is 0 Å². The van der Waals surface area contributed by atoms with Gasteiger partial charge in [0.15, 0.2) is 5.13 Å². The Morgan fingerprint density at radius 2 is 1.72 bits per heavy atom. The van der Waals surface area contributed by atoms with E-state index in [9.17, 15) is 13.2 Å². The normalized spacial score (nSPS) is 11.5. The molecule has 0 aliphatic rings. The second kappa shape index (κ2) is 9.77. The SMILES string of the molecule is CN(c1ccccc1)S(=O)(=O)c1ccc(C(=O)N(Cc2ccco2)c2nc3c(Cl)cccc3s2)cc1. The molecule has 3 aromatic carbocycles. The Morgan fingerprint density at radius 3 is 2.39 bits per heavy atom. The number of nitrogens with zero attached hydrogens (tertiary/aromatic N) is 3. The molecule has 7 nitrogen and oxygen atoms in total. The molecule has 0 aliphatic carbocycles. The molecule has 0 radical (unpaired) electrons. The minimum Gasteiger partial charge on any atom is -0.467 e. The van der Waals surface area contributed by atoms with Gasteiger partial charge in [-0.05, 0) is 60.7 Å². The Morgan fingerprint density at radius 1 is 0.972 bits per heavy atom. The van der Waals surface area contributed by atoms with Gasteiger partial charge in [-0.25, -0.2) is 13.4 Å². The summed E-state index contributed by atoms with van der Waals surface area (Å²) < 4.78 is 33.7. The molecular weight excluding hydrogens is 518 g/mol. The second-order valence-electron chi connectivity index (χ2n) is 7.89. The first-order chi connectivity index (χ1) is 17.3. The minimum atomic E-state index is -3.80. The second-order valence-corrected chi connectivity index (χ2v) is 11.3. The number of furan rings is 1. The number of hydrogen-bond acceptors (Lipinski definition) is 6. The van der Waals surface area contributed by atoms with Crippen LogP contribution in [0.3, 0.4) is 0 Å². The van der Waals surface area contributed by atoms with Crippen molar-refractivity contribution in [1.29, 1.82) is 0 Å². The molecule has 5 aromatic rings. The first kappa shape index (κ1) is 24.1. The van der Waals surface area contributed by atoms with E-state index in [4.69, 9.17) is 16.0 Å². The standard InChI is InChI=1S/C26H20ClN3O4S2/c1-29(19-7-3-2-4-8-19)36(32,33)21-14-12-18(13-15-21)25(31)30(17-20-9-6-16-34-20)26-28-24-22(27)10-5-11-23(24)35-26/h2-16H,17H2,1H3. The van der Waals surface area contributed by atoms with Gasteiger partial charge in [-0.1, -0.05) is 47.2 Å². The average molecular weight is 538 g/mol. The number of carbonyl (C=O) groups is 1. The highest BCUT2D eigenvalue weighted by atomic mass is 35.5. The summed E-state index contributed by atoms with van der Waals surface area (Å²) in [5.41, 5.74) is 1.46. The van der Waals surface area contributed by atoms with Crippen LogP contribution in [0.4, 0.5) is 10.8 Å². The molecule has 0 atom stereocenters. The molecule has 0 bridgehead atoms. The van der Waals surface area contributed by atoms with E-state index in [0.29, 0.717) is 32.7 Å². The first-order valence-electron chi connectivity index (χ1n) is 10.9. The van der Waals surface area contributed by atoms with Gasteiger partial charge in [0, 0.05) is 12.6 Å². The largest absolute Gasteiger partial charge is 0.467 e. The molecule has 2 heterocycles. The fraction of sp³-hybridized carbons (Fsp3) is 0.0769. The summed E-state index contributed by atoms with van der Waals surface area (Å²) in [6.45, 7) is 0.153. The molecule has 182 valence electrons. The summed E-state index contributed by atoms with van der Waals surface area (Å²) in [5, 5.41) is 0.956. The van der Waals surface area contributed by atoms with Gasteiger partial charge in [0.05, 0.1) is 33.1 Å². The van der Waals surface area contributed by atoms with E-state index in [2.05, 4.69) is 4.98 Å². The zero-order chi connectivity index (χ0) is 25.3. The van der Waals surface area contributed by atoms with Crippen molar-refractivity contribution in [3.63, 3.8) is 0 Å². The Kier molecular flexibility index (Phi) is 6.53. The Balaban J connectivity index is 1.47. The highest BCUT2D eigenvalue weighted by Gasteiger charge is 2.25. The van der Waals surface area contributed by atoms with E-state index < -0.39 is 10.0 Å². The lowest BCUT2D eigenvalue weighted by Crippen LogP contribution is -2.30. The van der Waals surface area contributed by atoms with Gasteiger partial charge in [0.1, 0.15) is 11.3 Å². The number of hydrogen-bond donors (Lipinski definition) is 0. The Labute approximate surface area is 217 Å². The highest BCUT2D eigenvalue weighted by Crippen LogP contribution is 2.34. The van der Waals surface area contributed by atoms with Crippen LogP contribution < -0.4 is 9.21 Å². The molecule has 1 amide bonds. The molecule has 0 saturated carbocycles. The first-order valence-corrected chi connectivity index (χ1v) is 13.5. The molecule has 10 heteroatoms. The molecule has 0 fully saturated rings. The predicted molar refractivity (Wildman–Crippen MR) is 142 cm³/mol. The van der Waals surface area contributed by atoms with Crippen molar-refractivity contribution in [1.82, 2.24) is 4.98 Å². The Hall–Kier alpha value is -3.66. The van der Waals surface area contributed by atoms with Crippen LogP contribution in [0.2, 0.25) is 5.02 Å². The lowest BCUT2D eigenvalue weighted by atomic mass is 10.2. The number of sulfonamides is 1. The molecule has 0 saturated heterocycles. The van der Waals surface area contributed by atoms with E-state index in [-0.39, 0.29) is 17.3 Å². The van der Waals surface area contributed by atoms with Crippen molar-refractivity contribution >= 4 is 59.9 Å². The van der Waals surface area contributed by atoms with Gasteiger partial charge < -0.3 is 4.42 Å². The van der Waals surface area contributed by atoms with Gasteiger partial charge in [-0.2, -0.15) is 0 Å². The number of anilines is 2. The molecule has 0 N–H and O–H groups in total. The zero-order valence-electron chi connectivity index (χ0n) is 19.0. The number of benzene rings is 3. The van der Waals surface area contributed by atoms with Crippen LogP contribution in [-0.4, -0.2) is 26.4 Å². The maximum absolute atomic E-state index is 13.6. The fourth-order valence-electron chi connectivity index (χ4n) is 3.66. The molecule has 36 heavy (non-hydrogen) atoms. The van der Waals surface area contributed by atoms with Crippen LogP contribution in [0.5, 0.6) is 0 Å². The van der Waals surface area contributed by atoms with Crippen LogP contribution in [-0.2, 0) is 16.6 Å². The van der Waals surface area contributed by atoms with E-state index >= 15 is 0 Å². The molecule has 0 spiro atoms. The summed E-state index contributed by atoms with van der Waals surface area (Å²) in [4.78, 5) is 19.8. The fourth-order valence-corrected chi connectivity index (χ4v) is 6.12. The lowest BCUT2D eigenvalue weighted by molar-refractivity contribution is 0.0983. The van der Waals surface area contributed by atoms with Gasteiger partial charge in [0.25, 0.3) is 15.9 Å². The van der Waals surface area contributed by atoms with E-state index in [1.54, 1.807) is 42.5 Å². The van der Waals surface area contributed by atoms with Crippen LogP contribution in [0.1, 0.15) is 16.1 Å². The van der Waals surface area contributed by atoms with Crippen molar-refractivity contribution in [2.45, 2.75) is 11.4 Å². The van der Waals surface area contributed by atoms with Crippen molar-refractivity contribution in [2.75, 3.05) is 16.3 Å². The smallest absolute Gasteiger partial charge is 0.264 e. The summed E-state index contributed by atoms with van der Waals surface area (Å²) in [6.07, 6.45) is 1.54. The van der Waals surface area contributed by atoms with Gasteiger partial charge in [0.2, 0.25) is 0 Å². The molecular formula is C26H20ClN3O4S2. The Bertz CT molecular complexity index is 1620. The van der Waals surface area contributed by atoms with Gasteiger partial charge in [-0.3, -0.25) is 14.0 Å². The topological polar surface area (TPSA) is 83.7 Å². The maximum atomic E-state index is 13.6. The highest BCUT2D eigenvalue weighted by molar-refractivity contribution is 7.92. The number of para-hydroxylation sites is 2. The number of halogens is 1. The van der Waals surface area contributed by atoms with Crippen molar-refractivity contribution < 1.29 is 17.6 Å². The number of rotatable bonds is 7. The van der Waals surface area contributed by atoms with E-state index in [1.807, 2.05) is 18.2 Å². The quantitative estimate of drug-likeness (QED) is 0.246. The third-order valence-electron chi connectivity index (χ3n) is 5.61. The molecule has 0 unspecified atom stereocenters. The molecule has 2 aromatic heterocycles. The summed E-state index contributed by atoms with van der Waals surface area (Å²) in [7, 11) is -2.31. The number of amides is 1. The summed E-state index contributed by atoms with van der Waals surface area (Å²) in [6, 6.07) is 23.6. The van der Waals surface area contributed by atoms with Crippen molar-refractivity contribution in [3.8, 4) is 0 Å². The van der Waals surface area contributed by atoms with Crippen LogP contribution in [0.25, 0.3) is 10.2 Å². The number of thiazole rings is 1. The average Bonchev–Trinajstić information content (AvgIpc) is 3.57. The summed E-state index contributed by atoms with van der Waals surface area (Å²) >= 11 is 7.64. The number of aromatic nitrogens is 1. The number of carbonyl (C=O) groups excluding carboxylic acids is 1. The summed E-state index contributed by atoms with van der Waals surface area (Å²) in [5.74, 6) is 0.235. The third-order valence-corrected chi connectivity index (χ3v) is 8.76. The van der Waals surface area contributed by atoms with Gasteiger partial charge in [-0.15, -0.1) is 0 Å². The molecule has 5 rings (SSSR count). The van der Waals surface area contributed by atoms with E-state index in [0.717, 1.165) is 4.70 Å². The number of fused-ring (bicyclic) bond motifs is 1. The lowest BCUT2D eigenvalue weighted by Gasteiger charge is -2.21. The van der Waals surface area contributed by atoms with E-state index in [1.165, 1.54) is 58.1 Å². The van der Waals surface area contributed by atoms with Crippen molar-refractivity contribution in [3.05, 3.63) is 108 Å². The zero-order valence-corrected chi connectivity index (χ0v) is 21.4. The third kappa shape index (κ3) is 4.60. The minimum absolute atomic E-state index is 0.0785. The molecule has 0 aliphatic heterocycles. The predicted octanol–water partition coefficient (Wildman–Crippen LogP) is 6.21. The van der Waals surface area contributed by atoms with Crippen LogP contribution in [0.15, 0.2) is 101 Å². The van der Waals surface area contributed by atoms with Crippen LogP contribution >= 0.6 is 22.9 Å².